The number of rotatable bonds is 8. The molecule has 6 rings (SSSR count). The van der Waals surface area contributed by atoms with E-state index in [0.717, 1.165) is 40.7 Å². The molecule has 2 aromatic carbocycles. The fraction of sp³-hybridized carbons (Fsp3) is 0.367. The summed E-state index contributed by atoms with van der Waals surface area (Å²) in [5, 5.41) is 19.7. The highest BCUT2D eigenvalue weighted by molar-refractivity contribution is 5.93. The van der Waals surface area contributed by atoms with Gasteiger partial charge >= 0.3 is 5.69 Å². The number of benzene rings is 2. The lowest BCUT2D eigenvalue weighted by atomic mass is 9.69. The number of hydrogen-bond donors (Lipinski definition) is 5. The predicted molar refractivity (Wildman–Crippen MR) is 151 cm³/mol. The van der Waals surface area contributed by atoms with E-state index in [0.29, 0.717) is 48.8 Å². The molecule has 2 fully saturated rings. The van der Waals surface area contributed by atoms with Crippen molar-refractivity contribution in [2.75, 3.05) is 13.1 Å². The lowest BCUT2D eigenvalue weighted by Gasteiger charge is -2.35. The first-order valence-corrected chi connectivity index (χ1v) is 13.8. The quantitative estimate of drug-likeness (QED) is 0.258. The van der Waals surface area contributed by atoms with Gasteiger partial charge in [-0.1, -0.05) is 24.8 Å². The Morgan fingerprint density at radius 1 is 1.12 bits per heavy atom. The first-order valence-electron chi connectivity index (χ1n) is 13.8. The van der Waals surface area contributed by atoms with E-state index in [-0.39, 0.29) is 24.5 Å². The van der Waals surface area contributed by atoms with Crippen LogP contribution in [0.5, 0.6) is 0 Å². The van der Waals surface area contributed by atoms with Crippen molar-refractivity contribution >= 4 is 17.5 Å². The zero-order valence-electron chi connectivity index (χ0n) is 22.6. The number of nitrogens with two attached hydrogens (primary N) is 2. The van der Waals surface area contributed by atoms with Gasteiger partial charge < -0.3 is 21.7 Å². The van der Waals surface area contributed by atoms with Gasteiger partial charge in [0.05, 0.1) is 18.0 Å². The minimum Gasteiger partial charge on any atom is -0.399 e. The number of hydrogen-bond acceptors (Lipinski definition) is 7. The molecule has 1 aromatic heterocycles. The molecule has 2 heterocycles. The summed E-state index contributed by atoms with van der Waals surface area (Å²) in [4.78, 5) is 42.2. The minimum absolute atomic E-state index is 0.0809. The van der Waals surface area contributed by atoms with Crippen molar-refractivity contribution in [3.63, 3.8) is 0 Å². The number of aromatic nitrogens is 3. The Balaban J connectivity index is 1.39. The molecule has 2 amide bonds. The van der Waals surface area contributed by atoms with Crippen molar-refractivity contribution in [2.24, 2.45) is 17.4 Å². The number of amides is 2. The summed E-state index contributed by atoms with van der Waals surface area (Å²) in [5.74, 6) is 0.270. The smallest absolute Gasteiger partial charge is 0.340 e. The van der Waals surface area contributed by atoms with Gasteiger partial charge in [-0.15, -0.1) is 0 Å². The Morgan fingerprint density at radius 2 is 1.80 bits per heavy atom. The van der Waals surface area contributed by atoms with Crippen LogP contribution in [0.4, 0.5) is 0 Å². The van der Waals surface area contributed by atoms with Gasteiger partial charge in [-0.3, -0.25) is 14.6 Å². The van der Waals surface area contributed by atoms with Crippen LogP contribution in [0.3, 0.4) is 0 Å². The number of aromatic amines is 2. The number of aryl methyl sites for hydroxylation is 2. The lowest BCUT2D eigenvalue weighted by Crippen LogP contribution is -2.44. The topological polar surface area (TPSA) is 187 Å². The monoisotopic (exact) mass is 552 g/mol. The van der Waals surface area contributed by atoms with E-state index in [1.807, 2.05) is 30.3 Å². The molecule has 0 radical (unpaired) electrons. The summed E-state index contributed by atoms with van der Waals surface area (Å²) in [7, 11) is 0. The third-order valence-corrected chi connectivity index (χ3v) is 8.85. The minimum atomic E-state index is -0.925. The third kappa shape index (κ3) is 4.50. The molecule has 2 aliphatic carbocycles. The van der Waals surface area contributed by atoms with Crippen LogP contribution < -0.4 is 22.5 Å². The average Bonchev–Trinajstić information content (AvgIpc) is 3.45. The molecule has 1 saturated carbocycles. The Bertz CT molecular complexity index is 1600. The van der Waals surface area contributed by atoms with Crippen molar-refractivity contribution in [1.29, 1.82) is 5.26 Å². The Morgan fingerprint density at radius 3 is 2.41 bits per heavy atom. The van der Waals surface area contributed by atoms with Crippen LogP contribution in [0.1, 0.15) is 63.3 Å². The van der Waals surface area contributed by atoms with Gasteiger partial charge in [0.15, 0.2) is 0 Å². The van der Waals surface area contributed by atoms with Crippen LogP contribution >= 0.6 is 0 Å². The Hall–Kier alpha value is -4.69. The highest BCUT2D eigenvalue weighted by atomic mass is 16.2. The molecule has 0 spiro atoms. The van der Waals surface area contributed by atoms with E-state index < -0.39 is 17.0 Å². The summed E-state index contributed by atoms with van der Waals surface area (Å²) in [5.41, 5.74) is 15.7. The standard InChI is InChI=1S/C30H32N8O3/c1-16(32)17-4-6-23-18(10-17)2-3-19-11-20(27(33)40)5-7-24(19)30(23,28-35-29(41)37-36-28)8-9-34-15-26(39)38-22(14-31)12-21-13-25(21)38/h4-7,10-11,21-22,25,34H,1-3,8-9,12-13,15,32H2,(H2,33,40)(H2,35,36,37,41)/t21-,22?,25+,30?/m1/s1. The van der Waals surface area contributed by atoms with E-state index in [1.165, 1.54) is 0 Å². The second kappa shape index (κ2) is 10.1. The summed E-state index contributed by atoms with van der Waals surface area (Å²) in [6, 6.07) is 13.4. The SMILES string of the molecule is C=C(N)c1ccc2c(c1)CCc1cc(C(N)=O)ccc1C2(CCNCC(=O)N1C(C#N)C[C@@H]2C[C@@H]21)c1n[nH]c(=O)[nH]1. The first-order chi connectivity index (χ1) is 19.7. The van der Waals surface area contributed by atoms with Crippen molar-refractivity contribution < 1.29 is 9.59 Å². The number of carbonyl (C=O) groups is 2. The van der Waals surface area contributed by atoms with E-state index in [2.05, 4.69) is 33.1 Å². The number of nitrogens with one attached hydrogen (secondary N) is 3. The van der Waals surface area contributed by atoms with Crippen LogP contribution in [0.15, 0.2) is 47.8 Å². The zero-order valence-corrected chi connectivity index (χ0v) is 22.6. The van der Waals surface area contributed by atoms with Crippen molar-refractivity contribution in [3.05, 3.63) is 92.7 Å². The van der Waals surface area contributed by atoms with Gasteiger partial charge in [0.1, 0.15) is 11.9 Å². The van der Waals surface area contributed by atoms with Crippen molar-refractivity contribution in [1.82, 2.24) is 25.4 Å². The van der Waals surface area contributed by atoms with E-state index in [1.54, 1.807) is 11.0 Å². The number of nitriles is 1. The normalized spacial score (nSPS) is 24.0. The zero-order chi connectivity index (χ0) is 28.9. The van der Waals surface area contributed by atoms with Crippen LogP contribution in [0.25, 0.3) is 5.70 Å². The molecule has 7 N–H and O–H groups in total. The fourth-order valence-electron chi connectivity index (χ4n) is 6.81. The molecule has 1 aliphatic heterocycles. The number of fused-ring (bicyclic) bond motifs is 3. The summed E-state index contributed by atoms with van der Waals surface area (Å²) in [6.07, 6.45) is 3.44. The van der Waals surface area contributed by atoms with Crippen LogP contribution in [0, 0.1) is 17.2 Å². The second-order valence-corrected chi connectivity index (χ2v) is 11.2. The number of primary amides is 1. The lowest BCUT2D eigenvalue weighted by molar-refractivity contribution is -0.131. The van der Waals surface area contributed by atoms with Crippen molar-refractivity contribution in [2.45, 2.75) is 49.6 Å². The van der Waals surface area contributed by atoms with E-state index >= 15 is 0 Å². The summed E-state index contributed by atoms with van der Waals surface area (Å²) >= 11 is 0. The summed E-state index contributed by atoms with van der Waals surface area (Å²) in [6.45, 7) is 4.39. The number of H-pyrrole nitrogens is 2. The van der Waals surface area contributed by atoms with E-state index in [9.17, 15) is 19.6 Å². The number of likely N-dealkylation sites (tertiary alicyclic amines) is 1. The largest absolute Gasteiger partial charge is 0.399 e. The maximum absolute atomic E-state index is 13.1. The molecule has 3 aromatic rings. The van der Waals surface area contributed by atoms with Gasteiger partial charge in [-0.2, -0.15) is 10.4 Å². The first kappa shape index (κ1) is 26.5. The molecule has 3 aliphatic rings. The predicted octanol–water partition coefficient (Wildman–Crippen LogP) is 1.05. The average molecular weight is 553 g/mol. The number of carbonyl (C=O) groups excluding carboxylic acids is 2. The molecule has 41 heavy (non-hydrogen) atoms. The molecule has 2 unspecified atom stereocenters. The molecule has 210 valence electrons. The van der Waals surface area contributed by atoms with Crippen LogP contribution in [0.2, 0.25) is 0 Å². The van der Waals surface area contributed by atoms with Crippen LogP contribution in [-0.2, 0) is 23.1 Å². The van der Waals surface area contributed by atoms with Gasteiger partial charge in [0.25, 0.3) is 0 Å². The molecule has 1 saturated heterocycles. The molecule has 4 atom stereocenters. The Kier molecular flexibility index (Phi) is 6.50. The van der Waals surface area contributed by atoms with Gasteiger partial charge in [-0.25, -0.2) is 9.89 Å². The molecule has 0 bridgehead atoms. The highest BCUT2D eigenvalue weighted by Gasteiger charge is 2.54. The highest BCUT2D eigenvalue weighted by Crippen LogP contribution is 2.48. The van der Waals surface area contributed by atoms with Crippen LogP contribution in [-0.4, -0.2) is 57.1 Å². The second-order valence-electron chi connectivity index (χ2n) is 11.2. The van der Waals surface area contributed by atoms with Gasteiger partial charge in [0, 0.05) is 17.3 Å². The van der Waals surface area contributed by atoms with Gasteiger partial charge in [0.2, 0.25) is 11.8 Å². The fourth-order valence-corrected chi connectivity index (χ4v) is 6.81. The Labute approximate surface area is 236 Å². The number of piperidine rings is 1. The molecule has 11 nitrogen and oxygen atoms in total. The summed E-state index contributed by atoms with van der Waals surface area (Å²) < 4.78 is 0. The van der Waals surface area contributed by atoms with Gasteiger partial charge in [-0.05, 0) is 90.6 Å². The van der Waals surface area contributed by atoms with E-state index in [4.69, 9.17) is 11.5 Å². The molecule has 11 heteroatoms. The molecular formula is C30H32N8O3. The maximum atomic E-state index is 13.1. The van der Waals surface area contributed by atoms with Crippen molar-refractivity contribution in [3.8, 4) is 6.07 Å². The number of nitrogens with zero attached hydrogens (tertiary/aromatic N) is 3. The molecular weight excluding hydrogens is 520 g/mol. The maximum Gasteiger partial charge on any atom is 0.340 e. The third-order valence-electron chi connectivity index (χ3n) is 8.85.